The van der Waals surface area contributed by atoms with Gasteiger partial charge in [0, 0.05) is 30.5 Å². The van der Waals surface area contributed by atoms with Gasteiger partial charge in [-0.05, 0) is 79.7 Å². The highest BCUT2D eigenvalue weighted by Gasteiger charge is 2.32. The molecule has 1 aliphatic carbocycles. The van der Waals surface area contributed by atoms with Gasteiger partial charge in [-0.25, -0.2) is 4.99 Å². The minimum atomic E-state index is 0.181. The summed E-state index contributed by atoms with van der Waals surface area (Å²) in [6.07, 6.45) is 3.83. The van der Waals surface area contributed by atoms with Crippen molar-refractivity contribution in [2.24, 2.45) is 29.3 Å². The lowest BCUT2D eigenvalue weighted by Crippen LogP contribution is -2.24. The van der Waals surface area contributed by atoms with E-state index in [0.717, 1.165) is 31.2 Å². The minimum absolute atomic E-state index is 0.181. The third-order valence-corrected chi connectivity index (χ3v) is 6.42. The summed E-state index contributed by atoms with van der Waals surface area (Å²) < 4.78 is 1.92. The Morgan fingerprint density at radius 2 is 2.00 bits per heavy atom. The zero-order valence-electron chi connectivity index (χ0n) is 19.7. The Morgan fingerprint density at radius 3 is 2.58 bits per heavy atom. The van der Waals surface area contributed by atoms with Crippen LogP contribution in [0.2, 0.25) is 0 Å². The van der Waals surface area contributed by atoms with Crippen molar-refractivity contribution in [3.05, 3.63) is 57.9 Å². The van der Waals surface area contributed by atoms with Gasteiger partial charge in [-0.3, -0.25) is 4.68 Å². The minimum Gasteiger partial charge on any atom is -0.396 e. The van der Waals surface area contributed by atoms with E-state index in [1.807, 2.05) is 11.7 Å². The highest BCUT2D eigenvalue weighted by atomic mass is 16.6. The van der Waals surface area contributed by atoms with Gasteiger partial charge in [0.25, 0.3) is 5.90 Å². The zero-order valence-corrected chi connectivity index (χ0v) is 19.7. The fraction of sp³-hybridized carbons (Fsp3) is 0.520. The number of nitrogens with zero attached hydrogens (tertiary/aromatic N) is 3. The predicted octanol–water partition coefficient (Wildman–Crippen LogP) is 4.03. The fourth-order valence-electron chi connectivity index (χ4n) is 4.48. The number of nitrogens with two attached hydrogens (primary N) is 1. The van der Waals surface area contributed by atoms with Gasteiger partial charge in [-0.1, -0.05) is 27.4 Å². The SMILES string of the molecule is C=C(/N=C(\ON)c1nn(C)c2c1CCC(C)(C)C2)c1cc(C)c(CC(C)CO)c(C)c1. The average Bonchev–Trinajstić information content (AvgIpc) is 3.02. The van der Waals surface area contributed by atoms with Crippen LogP contribution >= 0.6 is 0 Å². The first-order valence-corrected chi connectivity index (χ1v) is 11.0. The summed E-state index contributed by atoms with van der Waals surface area (Å²) in [6.45, 7) is 15.2. The number of benzene rings is 1. The number of hydrogen-bond donors (Lipinski definition) is 2. The third-order valence-electron chi connectivity index (χ3n) is 6.42. The maximum absolute atomic E-state index is 9.40. The van der Waals surface area contributed by atoms with E-state index in [-0.39, 0.29) is 17.9 Å². The standard InChI is InChI=1S/C25H36N4O2/c1-15(14-30)10-21-16(2)11-19(12-17(21)3)18(4)27-24(31-26)23-20-8-9-25(5,6)13-22(20)29(7)28-23/h11-12,15,30H,4,8-10,13-14,26H2,1-3,5-7H3/b27-24-. The highest BCUT2D eigenvalue weighted by Crippen LogP contribution is 2.36. The van der Waals surface area contributed by atoms with E-state index in [4.69, 9.17) is 10.7 Å². The lowest BCUT2D eigenvalue weighted by molar-refractivity contribution is 0.237. The Bertz CT molecular complexity index is 994. The van der Waals surface area contributed by atoms with Gasteiger partial charge >= 0.3 is 0 Å². The van der Waals surface area contributed by atoms with Crippen molar-refractivity contribution in [2.45, 2.75) is 60.3 Å². The molecular formula is C25H36N4O2. The molecule has 1 aliphatic rings. The number of hydrogen-bond acceptors (Lipinski definition) is 5. The number of aliphatic imine (C=N–C) groups is 1. The summed E-state index contributed by atoms with van der Waals surface area (Å²) in [6, 6.07) is 4.17. The van der Waals surface area contributed by atoms with Gasteiger partial charge in [0.15, 0.2) is 5.69 Å². The second-order valence-electron chi connectivity index (χ2n) is 9.80. The number of fused-ring (bicyclic) bond motifs is 1. The van der Waals surface area contributed by atoms with Crippen molar-refractivity contribution in [1.29, 1.82) is 0 Å². The molecule has 0 saturated heterocycles. The lowest BCUT2D eigenvalue weighted by atomic mass is 9.76. The molecule has 0 fully saturated rings. The number of aryl methyl sites for hydroxylation is 3. The molecule has 1 aromatic carbocycles. The zero-order chi connectivity index (χ0) is 22.9. The van der Waals surface area contributed by atoms with Gasteiger partial charge < -0.3 is 9.94 Å². The van der Waals surface area contributed by atoms with Crippen LogP contribution in [-0.4, -0.2) is 27.4 Å². The van der Waals surface area contributed by atoms with Gasteiger partial charge in [-0.2, -0.15) is 11.0 Å². The summed E-state index contributed by atoms with van der Waals surface area (Å²) in [4.78, 5) is 9.84. The fourth-order valence-corrected chi connectivity index (χ4v) is 4.48. The van der Waals surface area contributed by atoms with Crippen LogP contribution in [0.25, 0.3) is 5.70 Å². The molecule has 1 heterocycles. The quantitative estimate of drug-likeness (QED) is 0.416. The molecule has 168 valence electrons. The van der Waals surface area contributed by atoms with Crippen molar-refractivity contribution in [1.82, 2.24) is 9.78 Å². The number of rotatable bonds is 6. The van der Waals surface area contributed by atoms with Crippen LogP contribution in [0.5, 0.6) is 0 Å². The van der Waals surface area contributed by atoms with E-state index in [9.17, 15) is 5.11 Å². The van der Waals surface area contributed by atoms with E-state index < -0.39 is 0 Å². The largest absolute Gasteiger partial charge is 0.396 e. The molecule has 1 aromatic heterocycles. The second-order valence-corrected chi connectivity index (χ2v) is 9.80. The number of aromatic nitrogens is 2. The number of aliphatic hydroxyl groups excluding tert-OH is 1. The van der Waals surface area contributed by atoms with Crippen molar-refractivity contribution in [3.63, 3.8) is 0 Å². The van der Waals surface area contributed by atoms with E-state index in [0.29, 0.717) is 17.3 Å². The summed E-state index contributed by atoms with van der Waals surface area (Å²) in [5.41, 5.74) is 8.46. The molecule has 1 atom stereocenters. The van der Waals surface area contributed by atoms with Gasteiger partial charge in [0.2, 0.25) is 0 Å². The van der Waals surface area contributed by atoms with Gasteiger partial charge in [0.05, 0.1) is 5.70 Å². The molecule has 3 N–H and O–H groups in total. The average molecular weight is 425 g/mol. The van der Waals surface area contributed by atoms with E-state index in [2.05, 4.69) is 63.4 Å². The Labute approximate surface area is 185 Å². The van der Waals surface area contributed by atoms with E-state index in [1.165, 1.54) is 27.9 Å². The smallest absolute Gasteiger partial charge is 0.266 e. The molecule has 0 saturated carbocycles. The Morgan fingerprint density at radius 1 is 1.35 bits per heavy atom. The first kappa shape index (κ1) is 23.2. The summed E-state index contributed by atoms with van der Waals surface area (Å²) in [7, 11) is 1.96. The molecule has 1 unspecified atom stereocenters. The molecule has 0 aliphatic heterocycles. The van der Waals surface area contributed by atoms with E-state index >= 15 is 0 Å². The molecule has 6 nitrogen and oxygen atoms in total. The second kappa shape index (κ2) is 8.97. The summed E-state index contributed by atoms with van der Waals surface area (Å²) in [5.74, 6) is 6.16. The molecular weight excluding hydrogens is 388 g/mol. The van der Waals surface area contributed by atoms with Crippen LogP contribution in [0.1, 0.15) is 66.4 Å². The molecule has 31 heavy (non-hydrogen) atoms. The van der Waals surface area contributed by atoms with Crippen molar-refractivity contribution in [2.75, 3.05) is 6.61 Å². The van der Waals surface area contributed by atoms with E-state index in [1.54, 1.807) is 0 Å². The monoisotopic (exact) mass is 424 g/mol. The van der Waals surface area contributed by atoms with Crippen molar-refractivity contribution < 1.29 is 9.94 Å². The summed E-state index contributed by atoms with van der Waals surface area (Å²) >= 11 is 0. The number of aliphatic hydroxyl groups is 1. The van der Waals surface area contributed by atoms with Crippen LogP contribution in [0, 0.1) is 25.2 Å². The molecule has 0 amide bonds. The molecule has 0 radical (unpaired) electrons. The van der Waals surface area contributed by atoms with Gasteiger partial charge in [0.1, 0.15) is 0 Å². The summed E-state index contributed by atoms with van der Waals surface area (Å²) in [5, 5.41) is 14.1. The maximum atomic E-state index is 9.40. The van der Waals surface area contributed by atoms with Crippen molar-refractivity contribution in [3.8, 4) is 0 Å². The molecule has 6 heteroatoms. The molecule has 2 aromatic rings. The Kier molecular flexibility index (Phi) is 6.72. The normalized spacial score (nSPS) is 16.7. The predicted molar refractivity (Wildman–Crippen MR) is 126 cm³/mol. The molecule has 0 bridgehead atoms. The van der Waals surface area contributed by atoms with Crippen LogP contribution in [0.4, 0.5) is 0 Å². The Hall–Kier alpha value is -2.44. The molecule has 0 spiro atoms. The topological polar surface area (TPSA) is 85.7 Å². The third kappa shape index (κ3) is 4.91. The van der Waals surface area contributed by atoms with Crippen LogP contribution in [0.15, 0.2) is 23.7 Å². The lowest BCUT2D eigenvalue weighted by Gasteiger charge is -2.29. The first-order valence-electron chi connectivity index (χ1n) is 11.0. The highest BCUT2D eigenvalue weighted by molar-refractivity contribution is 5.97. The van der Waals surface area contributed by atoms with Crippen LogP contribution < -0.4 is 5.90 Å². The first-order chi connectivity index (χ1) is 14.6. The maximum Gasteiger partial charge on any atom is 0.266 e. The Balaban J connectivity index is 1.93. The van der Waals surface area contributed by atoms with Crippen LogP contribution in [0.3, 0.4) is 0 Å². The van der Waals surface area contributed by atoms with Crippen molar-refractivity contribution >= 4 is 11.6 Å². The molecule has 3 rings (SSSR count). The van der Waals surface area contributed by atoms with Crippen LogP contribution in [-0.2, 0) is 31.1 Å². The van der Waals surface area contributed by atoms with Gasteiger partial charge in [-0.15, -0.1) is 0 Å².